The summed E-state index contributed by atoms with van der Waals surface area (Å²) in [6.45, 7) is 0.806. The molecule has 2 nitrogen and oxygen atoms in total. The highest BCUT2D eigenvalue weighted by molar-refractivity contribution is 5.35. The first-order valence-corrected chi connectivity index (χ1v) is 4.49. The van der Waals surface area contributed by atoms with E-state index in [1.807, 2.05) is 0 Å². The number of ether oxygens (including phenoxy) is 1. The summed E-state index contributed by atoms with van der Waals surface area (Å²) < 4.78 is 31.7. The fourth-order valence-corrected chi connectivity index (χ4v) is 1.56. The Morgan fingerprint density at radius 1 is 1.43 bits per heavy atom. The largest absolute Gasteiger partial charge is 0.494 e. The van der Waals surface area contributed by atoms with Crippen molar-refractivity contribution in [2.45, 2.75) is 12.5 Å². The molecule has 0 unspecified atom stereocenters. The molecule has 76 valence electrons. The first kappa shape index (κ1) is 9.40. The molecule has 0 saturated carbocycles. The minimum absolute atomic E-state index is 0.0927. The topological polar surface area (TPSA) is 21.3 Å². The fraction of sp³-hybridized carbons (Fsp3) is 0.400. The van der Waals surface area contributed by atoms with Gasteiger partial charge in [0, 0.05) is 11.6 Å². The highest BCUT2D eigenvalue weighted by atomic mass is 19.1. The van der Waals surface area contributed by atoms with Crippen LogP contribution in [0.15, 0.2) is 12.1 Å². The molecule has 0 aliphatic carbocycles. The molecule has 1 aromatic rings. The molecule has 14 heavy (non-hydrogen) atoms. The number of hydrogen-bond donors (Lipinski definition) is 1. The van der Waals surface area contributed by atoms with Gasteiger partial charge in [-0.3, -0.25) is 0 Å². The molecule has 0 aromatic heterocycles. The van der Waals surface area contributed by atoms with Crippen LogP contribution in [0.5, 0.6) is 5.75 Å². The molecule has 0 amide bonds. The van der Waals surface area contributed by atoms with Crippen LogP contribution in [0.3, 0.4) is 0 Å². The first-order valence-electron chi connectivity index (χ1n) is 4.49. The zero-order valence-electron chi connectivity index (χ0n) is 7.81. The van der Waals surface area contributed by atoms with Crippen LogP contribution in [-0.2, 0) is 0 Å². The van der Waals surface area contributed by atoms with Crippen molar-refractivity contribution in [3.63, 3.8) is 0 Å². The zero-order chi connectivity index (χ0) is 10.1. The van der Waals surface area contributed by atoms with Crippen molar-refractivity contribution in [3.05, 3.63) is 29.3 Å². The third-order valence-electron chi connectivity index (χ3n) is 2.48. The second-order valence-corrected chi connectivity index (χ2v) is 3.27. The lowest BCUT2D eigenvalue weighted by molar-refractivity contribution is 0.337. The SMILES string of the molecule is COc1ccc(F)c([C@@H]2CCN2)c1F. The van der Waals surface area contributed by atoms with Gasteiger partial charge in [-0.25, -0.2) is 8.78 Å². The van der Waals surface area contributed by atoms with Crippen LogP contribution < -0.4 is 10.1 Å². The molecule has 0 spiro atoms. The monoisotopic (exact) mass is 199 g/mol. The van der Waals surface area contributed by atoms with Gasteiger partial charge in [0.15, 0.2) is 11.6 Å². The molecule has 1 heterocycles. The van der Waals surface area contributed by atoms with E-state index in [1.165, 1.54) is 19.2 Å². The fourth-order valence-electron chi connectivity index (χ4n) is 1.56. The molecule has 1 saturated heterocycles. The van der Waals surface area contributed by atoms with Crippen molar-refractivity contribution in [1.29, 1.82) is 0 Å². The predicted molar refractivity (Wildman–Crippen MR) is 48.3 cm³/mol. The van der Waals surface area contributed by atoms with Crippen molar-refractivity contribution in [2.75, 3.05) is 13.7 Å². The van der Waals surface area contributed by atoms with Gasteiger partial charge in [0.2, 0.25) is 0 Å². The second-order valence-electron chi connectivity index (χ2n) is 3.27. The van der Waals surface area contributed by atoms with Crippen LogP contribution in [0.2, 0.25) is 0 Å². The van der Waals surface area contributed by atoms with Crippen LogP contribution in [0.25, 0.3) is 0 Å². The summed E-state index contributed by atoms with van der Waals surface area (Å²) in [5.74, 6) is -1.01. The van der Waals surface area contributed by atoms with Gasteiger partial charge < -0.3 is 10.1 Å². The molecule has 1 aliphatic heterocycles. The number of rotatable bonds is 2. The van der Waals surface area contributed by atoms with E-state index in [4.69, 9.17) is 4.74 Å². The van der Waals surface area contributed by atoms with Crippen molar-refractivity contribution in [3.8, 4) is 5.75 Å². The van der Waals surface area contributed by atoms with Crippen LogP contribution in [-0.4, -0.2) is 13.7 Å². The van der Waals surface area contributed by atoms with Gasteiger partial charge in [-0.2, -0.15) is 0 Å². The molecule has 4 heteroatoms. The second kappa shape index (κ2) is 3.53. The number of methoxy groups -OCH3 is 1. The quantitative estimate of drug-likeness (QED) is 0.786. The Balaban J connectivity index is 2.44. The van der Waals surface area contributed by atoms with Gasteiger partial charge in [0.05, 0.1) is 7.11 Å². The molecule has 0 bridgehead atoms. The molecule has 2 rings (SSSR count). The predicted octanol–water partition coefficient (Wildman–Crippen LogP) is 2.01. The van der Waals surface area contributed by atoms with Crippen molar-refractivity contribution in [1.82, 2.24) is 5.32 Å². The van der Waals surface area contributed by atoms with Crippen LogP contribution in [0, 0.1) is 11.6 Å². The highest BCUT2D eigenvalue weighted by Crippen LogP contribution is 2.32. The maximum Gasteiger partial charge on any atom is 0.172 e. The Hall–Kier alpha value is -1.16. The normalized spacial score (nSPS) is 20.4. The average molecular weight is 199 g/mol. The lowest BCUT2D eigenvalue weighted by Gasteiger charge is -2.28. The maximum absolute atomic E-state index is 13.6. The minimum atomic E-state index is -0.593. The third kappa shape index (κ3) is 1.35. The van der Waals surface area contributed by atoms with E-state index >= 15 is 0 Å². The van der Waals surface area contributed by atoms with Crippen molar-refractivity contribution < 1.29 is 13.5 Å². The van der Waals surface area contributed by atoms with Gasteiger partial charge in [0.1, 0.15) is 5.82 Å². The minimum Gasteiger partial charge on any atom is -0.494 e. The summed E-state index contributed by atoms with van der Waals surface area (Å²) in [5, 5.41) is 2.96. The van der Waals surface area contributed by atoms with Crippen LogP contribution in [0.1, 0.15) is 18.0 Å². The van der Waals surface area contributed by atoms with E-state index in [9.17, 15) is 8.78 Å². The lowest BCUT2D eigenvalue weighted by atomic mass is 9.96. The highest BCUT2D eigenvalue weighted by Gasteiger charge is 2.27. The van der Waals surface area contributed by atoms with Crippen LogP contribution in [0.4, 0.5) is 8.78 Å². The van der Waals surface area contributed by atoms with Gasteiger partial charge in [-0.15, -0.1) is 0 Å². The van der Waals surface area contributed by atoms with Gasteiger partial charge >= 0.3 is 0 Å². The van der Waals surface area contributed by atoms with Gasteiger partial charge in [-0.05, 0) is 25.1 Å². The smallest absolute Gasteiger partial charge is 0.172 e. The van der Waals surface area contributed by atoms with Crippen LogP contribution >= 0.6 is 0 Å². The van der Waals surface area contributed by atoms with E-state index < -0.39 is 11.6 Å². The number of benzene rings is 1. The van der Waals surface area contributed by atoms with Gasteiger partial charge in [-0.1, -0.05) is 0 Å². The molecular formula is C10H11F2NO. The average Bonchev–Trinajstić information content (AvgIpc) is 2.09. The van der Waals surface area contributed by atoms with E-state index in [0.717, 1.165) is 13.0 Å². The number of halogens is 2. The summed E-state index contributed by atoms with van der Waals surface area (Å²) in [6.07, 6.45) is 0.765. The summed E-state index contributed by atoms with van der Waals surface area (Å²) in [7, 11) is 1.37. The Morgan fingerprint density at radius 2 is 2.14 bits per heavy atom. The third-order valence-corrected chi connectivity index (χ3v) is 2.48. The van der Waals surface area contributed by atoms with E-state index in [2.05, 4.69) is 5.32 Å². The lowest BCUT2D eigenvalue weighted by Crippen LogP contribution is -2.36. The van der Waals surface area contributed by atoms with E-state index in [0.29, 0.717) is 0 Å². The molecule has 1 aliphatic rings. The Labute approximate surface area is 80.9 Å². The first-order chi connectivity index (χ1) is 6.74. The Kier molecular flexibility index (Phi) is 2.37. The summed E-state index contributed by atoms with van der Waals surface area (Å²) in [4.78, 5) is 0. The molecule has 1 atom stereocenters. The number of nitrogens with one attached hydrogen (secondary N) is 1. The molecule has 1 aromatic carbocycles. The molecule has 1 fully saturated rings. The molecule has 0 radical (unpaired) electrons. The van der Waals surface area contributed by atoms with Gasteiger partial charge in [0.25, 0.3) is 0 Å². The van der Waals surface area contributed by atoms with Crippen molar-refractivity contribution >= 4 is 0 Å². The van der Waals surface area contributed by atoms with Crippen molar-refractivity contribution in [2.24, 2.45) is 0 Å². The number of hydrogen-bond acceptors (Lipinski definition) is 2. The maximum atomic E-state index is 13.6. The Morgan fingerprint density at radius 3 is 2.64 bits per heavy atom. The summed E-state index contributed by atoms with van der Waals surface area (Å²) in [5.41, 5.74) is 0.0931. The molecular weight excluding hydrogens is 188 g/mol. The summed E-state index contributed by atoms with van der Waals surface area (Å²) in [6, 6.07) is 2.33. The standard InChI is InChI=1S/C10H11F2NO/c1-14-8-3-2-6(11)9(10(8)12)7-4-5-13-7/h2-3,7,13H,4-5H2,1H3/t7-/m0/s1. The Bertz CT molecular complexity index is 350. The summed E-state index contributed by atoms with van der Waals surface area (Å²) >= 11 is 0. The van der Waals surface area contributed by atoms with E-state index in [-0.39, 0.29) is 17.4 Å². The zero-order valence-corrected chi connectivity index (χ0v) is 7.81. The molecule has 1 N–H and O–H groups in total. The van der Waals surface area contributed by atoms with E-state index in [1.54, 1.807) is 0 Å².